The van der Waals surface area contributed by atoms with Crippen LogP contribution in [-0.4, -0.2) is 0 Å². The molecule has 5 rings (SSSR count). The number of halogens is 1. The number of rotatable bonds is 3. The Kier molecular flexibility index (Phi) is 3.91. The molecular weight excluding hydrogens is 352 g/mol. The lowest BCUT2D eigenvalue weighted by atomic mass is 9.91. The van der Waals surface area contributed by atoms with Crippen LogP contribution in [-0.2, 0) is 12.8 Å². The van der Waals surface area contributed by atoms with Gasteiger partial charge in [0.05, 0.1) is 6.26 Å². The van der Waals surface area contributed by atoms with Crippen molar-refractivity contribution in [3.63, 3.8) is 0 Å². The summed E-state index contributed by atoms with van der Waals surface area (Å²) in [5, 5.41) is 3.09. The smallest absolute Gasteiger partial charge is 0.138 e. The number of benzene rings is 3. The van der Waals surface area contributed by atoms with Gasteiger partial charge in [0.2, 0.25) is 0 Å². The lowest BCUT2D eigenvalue weighted by Gasteiger charge is -2.13. The Labute approximate surface area is 163 Å². The maximum Gasteiger partial charge on any atom is 0.138 e. The summed E-state index contributed by atoms with van der Waals surface area (Å²) < 4.78 is 5.96. The number of allylic oxidation sites excluding steroid dienone is 1. The van der Waals surface area contributed by atoms with Crippen LogP contribution in [0.25, 0.3) is 33.5 Å². The van der Waals surface area contributed by atoms with Crippen molar-refractivity contribution < 1.29 is 4.42 Å². The summed E-state index contributed by atoms with van der Waals surface area (Å²) in [6.07, 6.45) is 6.03. The second-order valence-corrected chi connectivity index (χ2v) is 7.47. The lowest BCUT2D eigenvalue weighted by Crippen LogP contribution is -1.94. The molecule has 3 aromatic carbocycles. The summed E-state index contributed by atoms with van der Waals surface area (Å²) in [6.45, 7) is 2.20. The van der Waals surface area contributed by atoms with E-state index in [0.29, 0.717) is 0 Å². The normalized spacial score (nSPS) is 13.0. The van der Waals surface area contributed by atoms with Crippen molar-refractivity contribution in [1.82, 2.24) is 0 Å². The molecule has 0 radical (unpaired) electrons. The van der Waals surface area contributed by atoms with E-state index in [-0.39, 0.29) is 0 Å². The minimum atomic E-state index is 0.770. The molecule has 132 valence electrons. The summed E-state index contributed by atoms with van der Waals surface area (Å²) >= 11 is 6.29. The number of aryl methyl sites for hydroxylation is 1. The zero-order valence-electron chi connectivity index (χ0n) is 15.1. The van der Waals surface area contributed by atoms with E-state index in [1.54, 1.807) is 0 Å². The number of furan rings is 1. The summed E-state index contributed by atoms with van der Waals surface area (Å²) in [6, 6.07) is 21.0. The van der Waals surface area contributed by atoms with Crippen LogP contribution in [0.5, 0.6) is 0 Å². The van der Waals surface area contributed by atoms with E-state index < -0.39 is 0 Å². The standard InChI is InChI=1S/C25H19ClO/c1-2-16-10-11-17-12-20(25-22-9-4-3-6-19(22)15-27-25)14-23(17)24(16)18-7-5-8-21(26)13-18/h3-11,13-15H,2,12H2,1H3. The van der Waals surface area contributed by atoms with Gasteiger partial charge in [0, 0.05) is 27.8 Å². The van der Waals surface area contributed by atoms with Crippen molar-refractivity contribution in [3.8, 4) is 11.1 Å². The lowest BCUT2D eigenvalue weighted by molar-refractivity contribution is 0.557. The van der Waals surface area contributed by atoms with E-state index in [1.165, 1.54) is 38.8 Å². The molecule has 0 unspecified atom stereocenters. The summed E-state index contributed by atoms with van der Waals surface area (Å²) in [5.74, 6) is 0.983. The predicted octanol–water partition coefficient (Wildman–Crippen LogP) is 7.41. The fourth-order valence-corrected chi connectivity index (χ4v) is 4.31. The van der Waals surface area contributed by atoms with Crippen molar-refractivity contribution in [3.05, 3.63) is 94.4 Å². The third kappa shape index (κ3) is 2.70. The average Bonchev–Trinajstić information content (AvgIpc) is 3.30. The van der Waals surface area contributed by atoms with Gasteiger partial charge in [-0.3, -0.25) is 0 Å². The molecule has 2 heteroatoms. The SMILES string of the molecule is CCc1ccc2c(c1-c1cccc(Cl)c1)C=C(c1occ3ccccc13)C2. The van der Waals surface area contributed by atoms with Crippen molar-refractivity contribution >= 4 is 34.0 Å². The van der Waals surface area contributed by atoms with E-state index in [2.05, 4.69) is 55.5 Å². The molecular formula is C25H19ClO. The average molecular weight is 371 g/mol. The maximum absolute atomic E-state index is 6.29. The molecule has 0 saturated carbocycles. The molecule has 1 aliphatic rings. The Morgan fingerprint density at radius 1 is 1.00 bits per heavy atom. The van der Waals surface area contributed by atoms with Gasteiger partial charge in [0.15, 0.2) is 0 Å². The topological polar surface area (TPSA) is 13.1 Å². The van der Waals surface area contributed by atoms with E-state index >= 15 is 0 Å². The minimum absolute atomic E-state index is 0.770. The zero-order valence-corrected chi connectivity index (χ0v) is 15.9. The highest BCUT2D eigenvalue weighted by atomic mass is 35.5. The first-order chi connectivity index (χ1) is 13.2. The van der Waals surface area contributed by atoms with Crippen LogP contribution in [0.2, 0.25) is 5.02 Å². The highest BCUT2D eigenvalue weighted by molar-refractivity contribution is 6.30. The molecule has 0 amide bonds. The van der Waals surface area contributed by atoms with Gasteiger partial charge in [-0.2, -0.15) is 0 Å². The van der Waals surface area contributed by atoms with Crippen LogP contribution < -0.4 is 0 Å². The first kappa shape index (κ1) is 16.4. The van der Waals surface area contributed by atoms with Crippen LogP contribution in [0.3, 0.4) is 0 Å². The number of fused-ring (bicyclic) bond motifs is 2. The van der Waals surface area contributed by atoms with Crippen molar-refractivity contribution in [1.29, 1.82) is 0 Å². The molecule has 1 heterocycles. The van der Waals surface area contributed by atoms with Gasteiger partial charge in [-0.1, -0.05) is 67.1 Å². The first-order valence-corrected chi connectivity index (χ1v) is 9.70. The van der Waals surface area contributed by atoms with Gasteiger partial charge < -0.3 is 4.42 Å². The highest BCUT2D eigenvalue weighted by Crippen LogP contribution is 2.42. The van der Waals surface area contributed by atoms with Crippen LogP contribution in [0.4, 0.5) is 0 Å². The molecule has 0 spiro atoms. The van der Waals surface area contributed by atoms with Crippen molar-refractivity contribution in [2.75, 3.05) is 0 Å². The Hall–Kier alpha value is -2.77. The molecule has 0 bridgehead atoms. The fourth-order valence-electron chi connectivity index (χ4n) is 4.12. The first-order valence-electron chi connectivity index (χ1n) is 9.32. The minimum Gasteiger partial charge on any atom is -0.463 e. The Bertz CT molecular complexity index is 1200. The van der Waals surface area contributed by atoms with E-state index in [4.69, 9.17) is 16.0 Å². The summed E-state index contributed by atoms with van der Waals surface area (Å²) in [4.78, 5) is 0. The van der Waals surface area contributed by atoms with Gasteiger partial charge in [0.25, 0.3) is 0 Å². The monoisotopic (exact) mass is 370 g/mol. The number of hydrogen-bond acceptors (Lipinski definition) is 1. The molecule has 0 aliphatic heterocycles. The van der Waals surface area contributed by atoms with Gasteiger partial charge in [-0.15, -0.1) is 0 Å². The molecule has 27 heavy (non-hydrogen) atoms. The third-order valence-electron chi connectivity index (χ3n) is 5.42. The zero-order chi connectivity index (χ0) is 18.4. The van der Waals surface area contributed by atoms with Crippen LogP contribution >= 0.6 is 11.6 Å². The van der Waals surface area contributed by atoms with Crippen molar-refractivity contribution in [2.24, 2.45) is 0 Å². The van der Waals surface area contributed by atoms with Crippen LogP contribution in [0, 0.1) is 0 Å². The second kappa shape index (κ2) is 6.44. The van der Waals surface area contributed by atoms with Gasteiger partial charge in [-0.25, -0.2) is 0 Å². The second-order valence-electron chi connectivity index (χ2n) is 7.03. The molecule has 1 aromatic heterocycles. The molecule has 1 aliphatic carbocycles. The van der Waals surface area contributed by atoms with E-state index in [1.807, 2.05) is 24.5 Å². The number of hydrogen-bond donors (Lipinski definition) is 0. The fraction of sp³-hybridized carbons (Fsp3) is 0.120. The van der Waals surface area contributed by atoms with Crippen LogP contribution in [0.15, 0.2) is 71.3 Å². The van der Waals surface area contributed by atoms with Gasteiger partial charge in [0.1, 0.15) is 5.76 Å². The Morgan fingerprint density at radius 2 is 1.89 bits per heavy atom. The van der Waals surface area contributed by atoms with Gasteiger partial charge >= 0.3 is 0 Å². The molecule has 0 saturated heterocycles. The summed E-state index contributed by atoms with van der Waals surface area (Å²) in [5.41, 5.74) is 7.70. The van der Waals surface area contributed by atoms with Crippen molar-refractivity contribution in [2.45, 2.75) is 19.8 Å². The largest absolute Gasteiger partial charge is 0.463 e. The molecule has 4 aromatic rings. The maximum atomic E-state index is 6.29. The van der Waals surface area contributed by atoms with Crippen LogP contribution in [0.1, 0.15) is 29.4 Å². The van der Waals surface area contributed by atoms with E-state index in [0.717, 1.165) is 29.0 Å². The molecule has 0 N–H and O–H groups in total. The summed E-state index contributed by atoms with van der Waals surface area (Å²) in [7, 11) is 0. The predicted molar refractivity (Wildman–Crippen MR) is 114 cm³/mol. The molecule has 0 atom stereocenters. The third-order valence-corrected chi connectivity index (χ3v) is 5.65. The Balaban J connectivity index is 1.70. The van der Waals surface area contributed by atoms with E-state index in [9.17, 15) is 0 Å². The van der Waals surface area contributed by atoms with Gasteiger partial charge in [-0.05, 0) is 52.4 Å². The molecule has 1 nitrogen and oxygen atoms in total. The molecule has 0 fully saturated rings. The quantitative estimate of drug-likeness (QED) is 0.366. The Morgan fingerprint density at radius 3 is 2.74 bits per heavy atom. The highest BCUT2D eigenvalue weighted by Gasteiger charge is 2.22.